The third-order valence-electron chi connectivity index (χ3n) is 4.74. The van der Waals surface area contributed by atoms with Gasteiger partial charge < -0.3 is 5.73 Å². The molecule has 0 bridgehead atoms. The second-order valence-corrected chi connectivity index (χ2v) is 6.78. The molecule has 148 valence electrons. The van der Waals surface area contributed by atoms with Crippen LogP contribution in [0, 0.1) is 11.3 Å². The van der Waals surface area contributed by atoms with Gasteiger partial charge in [0.2, 0.25) is 5.95 Å². The average Bonchev–Trinajstić information content (AvgIpc) is 3.24. The lowest BCUT2D eigenvalue weighted by molar-refractivity contribution is 0.889. The van der Waals surface area contributed by atoms with E-state index in [1.54, 1.807) is 42.9 Å². The Bertz CT molecular complexity index is 1420. The minimum atomic E-state index is 0.190. The fourth-order valence-corrected chi connectivity index (χ4v) is 3.38. The maximum atomic E-state index is 9.32. The molecule has 0 radical (unpaired) electrons. The van der Waals surface area contributed by atoms with Crippen molar-refractivity contribution in [1.82, 2.24) is 34.5 Å². The highest BCUT2D eigenvalue weighted by molar-refractivity contribution is 5.89. The van der Waals surface area contributed by atoms with Crippen LogP contribution < -0.4 is 5.73 Å². The van der Waals surface area contributed by atoms with Gasteiger partial charge in [-0.2, -0.15) is 9.78 Å². The maximum absolute atomic E-state index is 9.32. The number of nitrogens with zero attached hydrogens (tertiary/aromatic N) is 8. The Morgan fingerprint density at radius 3 is 2.74 bits per heavy atom. The molecule has 0 saturated carbocycles. The SMILES string of the molecule is N#Cc1cccc(-c2nc(N)n3nc(Cc4cccnc4)nc3c2-c2ccncn2)c1. The van der Waals surface area contributed by atoms with Gasteiger partial charge in [-0.1, -0.05) is 18.2 Å². The summed E-state index contributed by atoms with van der Waals surface area (Å²) in [4.78, 5) is 21.9. The lowest BCUT2D eigenvalue weighted by Gasteiger charge is -2.11. The second kappa shape index (κ2) is 7.61. The summed E-state index contributed by atoms with van der Waals surface area (Å²) in [5.74, 6) is 0.773. The number of nitriles is 1. The molecule has 0 saturated heterocycles. The summed E-state index contributed by atoms with van der Waals surface area (Å²) in [6, 6.07) is 14.9. The van der Waals surface area contributed by atoms with Crippen molar-refractivity contribution >= 4 is 11.6 Å². The summed E-state index contributed by atoms with van der Waals surface area (Å²) in [6.07, 6.45) is 7.11. The van der Waals surface area contributed by atoms with E-state index in [0.29, 0.717) is 40.4 Å². The van der Waals surface area contributed by atoms with Crippen molar-refractivity contribution in [2.75, 3.05) is 5.73 Å². The van der Waals surface area contributed by atoms with Crippen molar-refractivity contribution in [2.24, 2.45) is 0 Å². The lowest BCUT2D eigenvalue weighted by Crippen LogP contribution is -2.06. The van der Waals surface area contributed by atoms with Crippen LogP contribution >= 0.6 is 0 Å². The summed E-state index contributed by atoms with van der Waals surface area (Å²) >= 11 is 0. The predicted molar refractivity (Wildman–Crippen MR) is 113 cm³/mol. The van der Waals surface area contributed by atoms with Gasteiger partial charge in [-0.15, -0.1) is 5.10 Å². The first kappa shape index (κ1) is 18.3. The van der Waals surface area contributed by atoms with Crippen molar-refractivity contribution in [2.45, 2.75) is 6.42 Å². The molecule has 2 N–H and O–H groups in total. The Morgan fingerprint density at radius 1 is 1.03 bits per heavy atom. The summed E-state index contributed by atoms with van der Waals surface area (Å²) in [7, 11) is 0. The van der Waals surface area contributed by atoms with E-state index in [2.05, 4.69) is 31.1 Å². The Morgan fingerprint density at radius 2 is 1.97 bits per heavy atom. The van der Waals surface area contributed by atoms with Gasteiger partial charge in [0.1, 0.15) is 6.33 Å². The molecule has 0 aliphatic carbocycles. The normalized spacial score (nSPS) is 10.8. The standard InChI is InChI=1S/C22H15N9/c23-11-14-3-1-5-16(9-14)20-19(17-6-8-26-13-27-17)21-28-18(30-31(21)22(24)29-20)10-15-4-2-7-25-12-15/h1-9,12-13H,10H2,(H2,24,29). The lowest BCUT2D eigenvalue weighted by atomic mass is 10.0. The number of aromatic nitrogens is 7. The predicted octanol–water partition coefficient (Wildman–Crippen LogP) is 2.69. The number of nitrogens with two attached hydrogens (primary N) is 1. The summed E-state index contributed by atoms with van der Waals surface area (Å²) in [6.45, 7) is 0. The van der Waals surface area contributed by atoms with Gasteiger partial charge in [-0.05, 0) is 29.8 Å². The fourth-order valence-electron chi connectivity index (χ4n) is 3.38. The maximum Gasteiger partial charge on any atom is 0.223 e. The number of hydrogen-bond acceptors (Lipinski definition) is 8. The monoisotopic (exact) mass is 405 g/mol. The zero-order chi connectivity index (χ0) is 21.2. The molecule has 4 heterocycles. The van der Waals surface area contributed by atoms with Crippen molar-refractivity contribution in [1.29, 1.82) is 5.26 Å². The molecule has 0 aliphatic rings. The highest BCUT2D eigenvalue weighted by atomic mass is 15.3. The third-order valence-corrected chi connectivity index (χ3v) is 4.74. The van der Waals surface area contributed by atoms with E-state index in [1.165, 1.54) is 10.8 Å². The average molecular weight is 405 g/mol. The van der Waals surface area contributed by atoms with E-state index in [9.17, 15) is 5.26 Å². The van der Waals surface area contributed by atoms with Crippen molar-refractivity contribution < 1.29 is 0 Å². The van der Waals surface area contributed by atoms with Crippen LogP contribution in [0.15, 0.2) is 67.4 Å². The number of anilines is 1. The first-order valence-electron chi connectivity index (χ1n) is 9.44. The number of fused-ring (bicyclic) bond motifs is 1. The molecular formula is C22H15N9. The first-order valence-corrected chi connectivity index (χ1v) is 9.44. The van der Waals surface area contributed by atoms with Crippen molar-refractivity contribution in [3.05, 3.63) is 84.3 Å². The van der Waals surface area contributed by atoms with Crippen LogP contribution in [0.5, 0.6) is 0 Å². The number of pyridine rings is 1. The Kier molecular flexibility index (Phi) is 4.50. The van der Waals surface area contributed by atoms with Crippen LogP contribution in [0.2, 0.25) is 0 Å². The second-order valence-electron chi connectivity index (χ2n) is 6.78. The van der Waals surface area contributed by atoms with Gasteiger partial charge in [0, 0.05) is 30.6 Å². The minimum absolute atomic E-state index is 0.190. The molecule has 9 nitrogen and oxygen atoms in total. The molecule has 0 amide bonds. The Labute approximate surface area is 176 Å². The molecule has 0 aliphatic heterocycles. The van der Waals surface area contributed by atoms with E-state index in [0.717, 1.165) is 11.1 Å². The summed E-state index contributed by atoms with van der Waals surface area (Å²) in [5.41, 5.74) is 10.9. The zero-order valence-corrected chi connectivity index (χ0v) is 16.2. The molecule has 1 aromatic carbocycles. The fraction of sp³-hybridized carbons (Fsp3) is 0.0455. The molecule has 0 atom stereocenters. The van der Waals surface area contributed by atoms with Gasteiger partial charge in [0.15, 0.2) is 11.5 Å². The topological polar surface area (TPSA) is 132 Å². The number of nitrogen functional groups attached to an aromatic ring is 1. The zero-order valence-electron chi connectivity index (χ0n) is 16.2. The molecule has 31 heavy (non-hydrogen) atoms. The van der Waals surface area contributed by atoms with Gasteiger partial charge in [-0.3, -0.25) is 4.98 Å². The van der Waals surface area contributed by atoms with Crippen LogP contribution in [0.1, 0.15) is 17.0 Å². The third kappa shape index (κ3) is 3.42. The first-order chi connectivity index (χ1) is 15.2. The summed E-state index contributed by atoms with van der Waals surface area (Å²) in [5, 5.41) is 13.9. The van der Waals surface area contributed by atoms with E-state index in [-0.39, 0.29) is 5.95 Å². The molecule has 0 fully saturated rings. The Hall–Kier alpha value is -4.71. The molecule has 9 heteroatoms. The molecule has 0 unspecified atom stereocenters. The van der Waals surface area contributed by atoms with Crippen LogP contribution in [0.4, 0.5) is 5.95 Å². The molecule has 5 rings (SSSR count). The van der Waals surface area contributed by atoms with Gasteiger partial charge in [-0.25, -0.2) is 19.9 Å². The van der Waals surface area contributed by atoms with E-state index < -0.39 is 0 Å². The highest BCUT2D eigenvalue weighted by Crippen LogP contribution is 2.34. The van der Waals surface area contributed by atoms with Crippen molar-refractivity contribution in [3.63, 3.8) is 0 Å². The number of hydrogen-bond donors (Lipinski definition) is 1. The van der Waals surface area contributed by atoms with Crippen LogP contribution in [-0.4, -0.2) is 34.5 Å². The van der Waals surface area contributed by atoms with Gasteiger partial charge in [0.05, 0.1) is 28.6 Å². The van der Waals surface area contributed by atoms with Crippen LogP contribution in [-0.2, 0) is 6.42 Å². The molecule has 5 aromatic rings. The number of rotatable bonds is 4. The van der Waals surface area contributed by atoms with Crippen LogP contribution in [0.25, 0.3) is 28.2 Å². The van der Waals surface area contributed by atoms with Gasteiger partial charge >= 0.3 is 0 Å². The minimum Gasteiger partial charge on any atom is -0.368 e. The molecule has 4 aromatic heterocycles. The smallest absolute Gasteiger partial charge is 0.223 e. The molecule has 0 spiro atoms. The van der Waals surface area contributed by atoms with Crippen molar-refractivity contribution in [3.8, 4) is 28.6 Å². The van der Waals surface area contributed by atoms with E-state index >= 15 is 0 Å². The number of benzene rings is 1. The van der Waals surface area contributed by atoms with E-state index in [4.69, 9.17) is 10.7 Å². The molecular weight excluding hydrogens is 390 g/mol. The highest BCUT2D eigenvalue weighted by Gasteiger charge is 2.21. The van der Waals surface area contributed by atoms with E-state index in [1.807, 2.05) is 18.2 Å². The quantitative estimate of drug-likeness (QED) is 0.483. The van der Waals surface area contributed by atoms with Crippen LogP contribution in [0.3, 0.4) is 0 Å². The summed E-state index contributed by atoms with van der Waals surface area (Å²) < 4.78 is 1.51. The van der Waals surface area contributed by atoms with Gasteiger partial charge in [0.25, 0.3) is 0 Å². The Balaban J connectivity index is 1.76. The largest absolute Gasteiger partial charge is 0.368 e.